The van der Waals surface area contributed by atoms with E-state index < -0.39 is 0 Å². The van der Waals surface area contributed by atoms with Crippen molar-refractivity contribution < 1.29 is 0 Å². The maximum Gasteiger partial charge on any atom is 0.248 e. The summed E-state index contributed by atoms with van der Waals surface area (Å²) in [5.74, 6) is 0. The number of aromatic nitrogens is 3. The van der Waals surface area contributed by atoms with E-state index in [9.17, 15) is 4.79 Å². The van der Waals surface area contributed by atoms with Gasteiger partial charge in [-0.3, -0.25) is 4.79 Å². The van der Waals surface area contributed by atoms with Crippen molar-refractivity contribution in [3.8, 4) is 0 Å². The quantitative estimate of drug-likeness (QED) is 0.849. The first-order valence-corrected chi connectivity index (χ1v) is 6.46. The fourth-order valence-electron chi connectivity index (χ4n) is 2.24. The smallest absolute Gasteiger partial charge is 0.248 e. The van der Waals surface area contributed by atoms with Gasteiger partial charge in [-0.15, -0.1) is 10.2 Å². The summed E-state index contributed by atoms with van der Waals surface area (Å²) in [5.41, 5.74) is 3.90. The van der Waals surface area contributed by atoms with E-state index in [-0.39, 0.29) is 11.6 Å². The Labute approximate surface area is 102 Å². The summed E-state index contributed by atoms with van der Waals surface area (Å²) in [6.07, 6.45) is 3.07. The van der Waals surface area contributed by atoms with Crippen LogP contribution in [0.3, 0.4) is 0 Å². The van der Waals surface area contributed by atoms with Crippen molar-refractivity contribution in [3.63, 3.8) is 0 Å². The summed E-state index contributed by atoms with van der Waals surface area (Å²) in [5, 5.41) is 12.0. The van der Waals surface area contributed by atoms with Crippen LogP contribution >= 0.6 is 11.3 Å². The molecule has 1 aliphatic carbocycles. The van der Waals surface area contributed by atoms with E-state index in [0.717, 1.165) is 30.1 Å². The van der Waals surface area contributed by atoms with Gasteiger partial charge in [0.05, 0.1) is 6.04 Å². The molecule has 2 heterocycles. The third kappa shape index (κ3) is 2.08. The van der Waals surface area contributed by atoms with Crippen LogP contribution in [0, 0.1) is 0 Å². The third-order valence-corrected chi connectivity index (χ3v) is 3.61. The molecule has 0 saturated carbocycles. The van der Waals surface area contributed by atoms with Crippen molar-refractivity contribution in [1.82, 2.24) is 15.2 Å². The molecule has 1 unspecified atom stereocenters. The molecule has 5 nitrogen and oxygen atoms in total. The van der Waals surface area contributed by atoms with Crippen LogP contribution in [0.15, 0.2) is 22.4 Å². The van der Waals surface area contributed by atoms with E-state index in [4.69, 9.17) is 0 Å². The molecule has 1 atom stereocenters. The van der Waals surface area contributed by atoms with E-state index in [1.165, 1.54) is 16.9 Å². The van der Waals surface area contributed by atoms with E-state index in [1.54, 1.807) is 11.6 Å². The Hall–Kier alpha value is -1.69. The highest BCUT2D eigenvalue weighted by Gasteiger charge is 2.21. The van der Waals surface area contributed by atoms with Crippen molar-refractivity contribution in [2.75, 3.05) is 5.32 Å². The summed E-state index contributed by atoms with van der Waals surface area (Å²) in [4.78, 5) is 14.2. The largest absolute Gasteiger partial charge is 0.353 e. The first-order chi connectivity index (χ1) is 8.33. The number of hydrogen-bond acceptors (Lipinski definition) is 5. The standard InChI is InChI=1S/C11H12N4OS/c16-10-5-4-7-8(13-10)2-1-3-9(7)14-11-15-12-6-17-11/h4-6,9H,1-3H2,(H,13,16)(H,14,15). The van der Waals surface area contributed by atoms with Gasteiger partial charge in [0.1, 0.15) is 5.51 Å². The zero-order valence-electron chi connectivity index (χ0n) is 9.14. The van der Waals surface area contributed by atoms with Crippen LogP contribution in [-0.2, 0) is 6.42 Å². The van der Waals surface area contributed by atoms with Crippen LogP contribution < -0.4 is 10.9 Å². The fourth-order valence-corrected chi connectivity index (χ4v) is 2.73. The van der Waals surface area contributed by atoms with Gasteiger partial charge >= 0.3 is 0 Å². The zero-order chi connectivity index (χ0) is 11.7. The number of H-pyrrole nitrogens is 1. The number of anilines is 1. The predicted molar refractivity (Wildman–Crippen MR) is 66.3 cm³/mol. The lowest BCUT2D eigenvalue weighted by atomic mass is 9.91. The number of rotatable bonds is 2. The van der Waals surface area contributed by atoms with Crippen molar-refractivity contribution in [2.45, 2.75) is 25.3 Å². The molecule has 0 aliphatic heterocycles. The molecular weight excluding hydrogens is 236 g/mol. The lowest BCUT2D eigenvalue weighted by Gasteiger charge is -2.25. The van der Waals surface area contributed by atoms with Crippen LogP contribution in [0.2, 0.25) is 0 Å². The monoisotopic (exact) mass is 248 g/mol. The van der Waals surface area contributed by atoms with Crippen molar-refractivity contribution in [1.29, 1.82) is 0 Å². The molecule has 0 amide bonds. The Morgan fingerprint density at radius 2 is 2.41 bits per heavy atom. The molecule has 0 aromatic carbocycles. The van der Waals surface area contributed by atoms with Gasteiger partial charge < -0.3 is 10.3 Å². The topological polar surface area (TPSA) is 70.7 Å². The Bertz CT molecular complexity index is 563. The summed E-state index contributed by atoms with van der Waals surface area (Å²) in [6, 6.07) is 3.72. The predicted octanol–water partition coefficient (Wildman–Crippen LogP) is 1.72. The van der Waals surface area contributed by atoms with Crippen LogP contribution in [0.25, 0.3) is 0 Å². The Kier molecular flexibility index (Phi) is 2.64. The normalized spacial score (nSPS) is 18.7. The maximum absolute atomic E-state index is 11.3. The lowest BCUT2D eigenvalue weighted by Crippen LogP contribution is -2.21. The molecule has 2 aromatic heterocycles. The van der Waals surface area contributed by atoms with Gasteiger partial charge in [0.15, 0.2) is 0 Å². The third-order valence-electron chi connectivity index (χ3n) is 2.99. The van der Waals surface area contributed by atoms with Crippen LogP contribution in [0.4, 0.5) is 5.13 Å². The Balaban J connectivity index is 1.91. The number of nitrogens with one attached hydrogen (secondary N) is 2. The minimum absolute atomic E-state index is 0.0275. The molecule has 1 aliphatic rings. The van der Waals surface area contributed by atoms with Crippen LogP contribution in [0.5, 0.6) is 0 Å². The van der Waals surface area contributed by atoms with Crippen molar-refractivity contribution >= 4 is 16.5 Å². The highest BCUT2D eigenvalue weighted by molar-refractivity contribution is 7.13. The Morgan fingerprint density at radius 3 is 3.24 bits per heavy atom. The van der Waals surface area contributed by atoms with Gasteiger partial charge in [-0.1, -0.05) is 11.3 Å². The van der Waals surface area contributed by atoms with E-state index in [1.807, 2.05) is 6.07 Å². The minimum Gasteiger partial charge on any atom is -0.353 e. The molecule has 0 radical (unpaired) electrons. The van der Waals surface area contributed by atoms with E-state index in [0.29, 0.717) is 0 Å². The second-order valence-electron chi connectivity index (χ2n) is 4.09. The van der Waals surface area contributed by atoms with Crippen molar-refractivity contribution in [2.24, 2.45) is 0 Å². The van der Waals surface area contributed by atoms with Gasteiger partial charge in [-0.2, -0.15) is 0 Å². The van der Waals surface area contributed by atoms with Gasteiger partial charge in [0.25, 0.3) is 0 Å². The summed E-state index contributed by atoms with van der Waals surface area (Å²) < 4.78 is 0. The fraction of sp³-hybridized carbons (Fsp3) is 0.364. The number of aryl methyl sites for hydroxylation is 1. The SMILES string of the molecule is O=c1ccc2c([nH]1)CCCC2Nc1nncs1. The Morgan fingerprint density at radius 1 is 1.47 bits per heavy atom. The average Bonchev–Trinajstić information content (AvgIpc) is 2.82. The number of hydrogen-bond donors (Lipinski definition) is 2. The van der Waals surface area contributed by atoms with Gasteiger partial charge in [-0.05, 0) is 30.9 Å². The van der Waals surface area contributed by atoms with Gasteiger partial charge in [0, 0.05) is 11.8 Å². The minimum atomic E-state index is -0.0275. The molecule has 3 rings (SSSR count). The number of fused-ring (bicyclic) bond motifs is 1. The highest BCUT2D eigenvalue weighted by atomic mass is 32.1. The first-order valence-electron chi connectivity index (χ1n) is 5.58. The molecule has 2 N–H and O–H groups in total. The molecule has 0 bridgehead atoms. The molecule has 0 fully saturated rings. The zero-order valence-corrected chi connectivity index (χ0v) is 9.96. The summed E-state index contributed by atoms with van der Waals surface area (Å²) in [6.45, 7) is 0. The maximum atomic E-state index is 11.3. The molecule has 6 heteroatoms. The number of pyridine rings is 1. The second kappa shape index (κ2) is 4.29. The van der Waals surface area contributed by atoms with Crippen molar-refractivity contribution in [3.05, 3.63) is 39.3 Å². The van der Waals surface area contributed by atoms with Gasteiger partial charge in [-0.25, -0.2) is 0 Å². The number of aromatic amines is 1. The number of nitrogens with zero attached hydrogens (tertiary/aromatic N) is 2. The van der Waals surface area contributed by atoms with Crippen LogP contribution in [0.1, 0.15) is 30.1 Å². The molecule has 17 heavy (non-hydrogen) atoms. The second-order valence-corrected chi connectivity index (χ2v) is 4.92. The molecule has 88 valence electrons. The lowest BCUT2D eigenvalue weighted by molar-refractivity contribution is 0.586. The molecule has 2 aromatic rings. The average molecular weight is 248 g/mol. The van der Waals surface area contributed by atoms with E-state index in [2.05, 4.69) is 20.5 Å². The van der Waals surface area contributed by atoms with Gasteiger partial charge in [0.2, 0.25) is 10.7 Å². The summed E-state index contributed by atoms with van der Waals surface area (Å²) >= 11 is 1.49. The highest BCUT2D eigenvalue weighted by Crippen LogP contribution is 2.30. The van der Waals surface area contributed by atoms with E-state index >= 15 is 0 Å². The molecular formula is C11H12N4OS. The molecule has 0 saturated heterocycles. The summed E-state index contributed by atoms with van der Waals surface area (Å²) in [7, 11) is 0. The molecule has 0 spiro atoms. The first kappa shape index (κ1) is 10.5. The van der Waals surface area contributed by atoms with Crippen LogP contribution in [-0.4, -0.2) is 15.2 Å².